The van der Waals surface area contributed by atoms with E-state index in [9.17, 15) is 9.59 Å². The molecule has 0 bridgehead atoms. The first kappa shape index (κ1) is 19.3. The number of anilines is 1. The zero-order valence-corrected chi connectivity index (χ0v) is 15.9. The average Bonchev–Trinajstić information content (AvgIpc) is 3.46. The van der Waals surface area contributed by atoms with E-state index in [4.69, 9.17) is 27.9 Å². The van der Waals surface area contributed by atoms with E-state index >= 15 is 0 Å². The molecular weight excluding hydrogens is 389 g/mol. The van der Waals surface area contributed by atoms with Crippen molar-refractivity contribution in [3.05, 3.63) is 58.1 Å². The van der Waals surface area contributed by atoms with Gasteiger partial charge in [0.1, 0.15) is 12.4 Å². The fourth-order valence-corrected chi connectivity index (χ4v) is 2.64. The lowest BCUT2D eigenvalue weighted by Gasteiger charge is -2.11. The minimum absolute atomic E-state index is 0.231. The van der Waals surface area contributed by atoms with E-state index in [1.807, 2.05) is 0 Å². The van der Waals surface area contributed by atoms with Crippen LogP contribution < -0.4 is 20.7 Å². The van der Waals surface area contributed by atoms with E-state index in [1.54, 1.807) is 42.5 Å². The van der Waals surface area contributed by atoms with Crippen molar-refractivity contribution in [1.29, 1.82) is 0 Å². The molecule has 6 nitrogen and oxygen atoms in total. The highest BCUT2D eigenvalue weighted by molar-refractivity contribution is 6.34. The molecule has 3 rings (SSSR count). The number of nitrogens with one attached hydrogen (secondary N) is 3. The van der Waals surface area contributed by atoms with Crippen LogP contribution in [0.5, 0.6) is 5.75 Å². The van der Waals surface area contributed by atoms with Crippen LogP contribution in [-0.2, 0) is 0 Å². The number of hydrogen-bond donors (Lipinski definition) is 3. The van der Waals surface area contributed by atoms with E-state index in [0.717, 1.165) is 12.8 Å². The summed E-state index contributed by atoms with van der Waals surface area (Å²) in [6, 6.07) is 11.6. The number of rotatable bonds is 7. The lowest BCUT2D eigenvalue weighted by atomic mass is 10.2. The Morgan fingerprint density at radius 2 is 1.81 bits per heavy atom. The molecule has 1 aliphatic rings. The van der Waals surface area contributed by atoms with Crippen LogP contribution in [0, 0.1) is 0 Å². The molecule has 0 radical (unpaired) electrons. The third kappa shape index (κ3) is 6.05. The van der Waals surface area contributed by atoms with Crippen LogP contribution in [0.4, 0.5) is 10.5 Å². The molecule has 1 aliphatic carbocycles. The molecule has 2 aromatic rings. The normalized spacial score (nSPS) is 13.0. The van der Waals surface area contributed by atoms with E-state index in [1.165, 1.54) is 0 Å². The third-order valence-corrected chi connectivity index (χ3v) is 4.43. The van der Waals surface area contributed by atoms with Crippen LogP contribution in [0.1, 0.15) is 23.2 Å². The topological polar surface area (TPSA) is 79.5 Å². The van der Waals surface area contributed by atoms with Crippen molar-refractivity contribution < 1.29 is 14.3 Å². The van der Waals surface area contributed by atoms with Gasteiger partial charge >= 0.3 is 6.03 Å². The van der Waals surface area contributed by atoms with Crippen molar-refractivity contribution in [1.82, 2.24) is 10.6 Å². The second-order valence-electron chi connectivity index (χ2n) is 6.13. The van der Waals surface area contributed by atoms with Crippen LogP contribution in [-0.4, -0.2) is 31.1 Å². The molecule has 3 amide bonds. The summed E-state index contributed by atoms with van der Waals surface area (Å²) in [5, 5.41) is 9.21. The predicted molar refractivity (Wildman–Crippen MR) is 106 cm³/mol. The fraction of sp³-hybridized carbons (Fsp3) is 0.263. The van der Waals surface area contributed by atoms with E-state index in [2.05, 4.69) is 16.0 Å². The standard InChI is InChI=1S/C19H19Cl2N3O3/c20-12-1-6-15(7-2-12)27-10-9-22-19(26)24-14-5-8-17(21)16(11-14)18(25)23-13-3-4-13/h1-2,5-8,11,13H,3-4,9-10H2,(H,23,25)(H2,22,24,26). The number of carbonyl (C=O) groups is 2. The minimum atomic E-state index is -0.398. The Morgan fingerprint density at radius 1 is 1.07 bits per heavy atom. The number of halogens is 2. The molecule has 1 saturated carbocycles. The molecule has 142 valence electrons. The van der Waals surface area contributed by atoms with Gasteiger partial charge in [-0.1, -0.05) is 23.2 Å². The zero-order chi connectivity index (χ0) is 19.2. The minimum Gasteiger partial charge on any atom is -0.492 e. The van der Waals surface area contributed by atoms with Gasteiger partial charge in [0.05, 0.1) is 17.1 Å². The predicted octanol–water partition coefficient (Wildman–Crippen LogP) is 4.09. The Kier molecular flexibility index (Phi) is 6.42. The first-order valence-electron chi connectivity index (χ1n) is 8.55. The monoisotopic (exact) mass is 407 g/mol. The van der Waals surface area contributed by atoms with Gasteiger partial charge in [-0.2, -0.15) is 0 Å². The van der Waals surface area contributed by atoms with Crippen LogP contribution in [0.2, 0.25) is 10.0 Å². The average molecular weight is 408 g/mol. The number of hydrogen-bond acceptors (Lipinski definition) is 3. The van der Waals surface area contributed by atoms with Gasteiger partial charge in [-0.3, -0.25) is 4.79 Å². The van der Waals surface area contributed by atoms with Gasteiger partial charge in [0.2, 0.25) is 0 Å². The molecule has 3 N–H and O–H groups in total. The Bertz CT molecular complexity index is 823. The smallest absolute Gasteiger partial charge is 0.319 e. The largest absolute Gasteiger partial charge is 0.492 e. The van der Waals surface area contributed by atoms with Crippen molar-refractivity contribution >= 4 is 40.8 Å². The lowest BCUT2D eigenvalue weighted by molar-refractivity contribution is 0.0951. The van der Waals surface area contributed by atoms with Crippen LogP contribution in [0.3, 0.4) is 0 Å². The molecule has 0 saturated heterocycles. The van der Waals surface area contributed by atoms with Crippen molar-refractivity contribution in [2.45, 2.75) is 18.9 Å². The van der Waals surface area contributed by atoms with Crippen molar-refractivity contribution in [2.24, 2.45) is 0 Å². The van der Waals surface area contributed by atoms with Crippen molar-refractivity contribution in [3.8, 4) is 5.75 Å². The highest BCUT2D eigenvalue weighted by atomic mass is 35.5. The second-order valence-corrected chi connectivity index (χ2v) is 6.97. The quantitative estimate of drug-likeness (QED) is 0.604. The maximum atomic E-state index is 12.2. The number of ether oxygens (including phenoxy) is 1. The summed E-state index contributed by atoms with van der Waals surface area (Å²) < 4.78 is 5.50. The number of benzene rings is 2. The van der Waals surface area contributed by atoms with E-state index < -0.39 is 6.03 Å². The van der Waals surface area contributed by atoms with Crippen molar-refractivity contribution in [2.75, 3.05) is 18.5 Å². The maximum Gasteiger partial charge on any atom is 0.319 e. The Hall–Kier alpha value is -2.44. The van der Waals surface area contributed by atoms with E-state index in [0.29, 0.717) is 40.2 Å². The van der Waals surface area contributed by atoms with Gasteiger partial charge in [0, 0.05) is 16.8 Å². The van der Waals surface area contributed by atoms with Gasteiger partial charge in [0.25, 0.3) is 5.91 Å². The van der Waals surface area contributed by atoms with Gasteiger partial charge in [-0.25, -0.2) is 4.79 Å². The Morgan fingerprint density at radius 3 is 2.52 bits per heavy atom. The summed E-state index contributed by atoms with van der Waals surface area (Å²) in [5.74, 6) is 0.438. The molecule has 2 aromatic carbocycles. The molecular formula is C19H19Cl2N3O3. The zero-order valence-electron chi connectivity index (χ0n) is 14.4. The number of amides is 3. The van der Waals surface area contributed by atoms with Crippen LogP contribution in [0.25, 0.3) is 0 Å². The molecule has 0 spiro atoms. The summed E-state index contributed by atoms with van der Waals surface area (Å²) in [5.41, 5.74) is 0.823. The molecule has 0 aromatic heterocycles. The second kappa shape index (κ2) is 8.97. The Labute approximate surface area is 167 Å². The third-order valence-electron chi connectivity index (χ3n) is 3.85. The molecule has 0 heterocycles. The molecule has 8 heteroatoms. The summed E-state index contributed by atoms with van der Waals surface area (Å²) in [6.45, 7) is 0.627. The summed E-state index contributed by atoms with van der Waals surface area (Å²) >= 11 is 11.9. The van der Waals surface area contributed by atoms with Gasteiger partial charge in [0.15, 0.2) is 0 Å². The first-order chi connectivity index (χ1) is 13.0. The summed E-state index contributed by atoms with van der Waals surface area (Å²) in [7, 11) is 0. The van der Waals surface area contributed by atoms with Crippen LogP contribution in [0.15, 0.2) is 42.5 Å². The molecule has 0 aliphatic heterocycles. The number of urea groups is 1. The molecule has 0 unspecified atom stereocenters. The van der Waals surface area contributed by atoms with Crippen molar-refractivity contribution in [3.63, 3.8) is 0 Å². The van der Waals surface area contributed by atoms with Gasteiger partial charge in [-0.05, 0) is 55.3 Å². The summed E-state index contributed by atoms with van der Waals surface area (Å²) in [4.78, 5) is 24.2. The molecule has 27 heavy (non-hydrogen) atoms. The summed E-state index contributed by atoms with van der Waals surface area (Å²) in [6.07, 6.45) is 1.98. The van der Waals surface area contributed by atoms with Gasteiger partial charge < -0.3 is 20.7 Å². The maximum absolute atomic E-state index is 12.2. The fourth-order valence-electron chi connectivity index (χ4n) is 2.31. The molecule has 0 atom stereocenters. The van der Waals surface area contributed by atoms with E-state index in [-0.39, 0.29) is 11.9 Å². The number of carbonyl (C=O) groups excluding carboxylic acids is 2. The highest BCUT2D eigenvalue weighted by Crippen LogP contribution is 2.24. The molecule has 1 fully saturated rings. The lowest BCUT2D eigenvalue weighted by Crippen LogP contribution is -2.32. The first-order valence-corrected chi connectivity index (χ1v) is 9.30. The Balaban J connectivity index is 1.45. The SMILES string of the molecule is O=C(NCCOc1ccc(Cl)cc1)Nc1ccc(Cl)c(C(=O)NC2CC2)c1. The van der Waals surface area contributed by atoms with Crippen LogP contribution >= 0.6 is 23.2 Å². The van der Waals surface area contributed by atoms with Gasteiger partial charge in [-0.15, -0.1) is 0 Å². The highest BCUT2D eigenvalue weighted by Gasteiger charge is 2.24.